The van der Waals surface area contributed by atoms with E-state index in [0.29, 0.717) is 4.24 Å². The second kappa shape index (κ2) is 5.44. The average molecular weight is 116 g/mol. The summed E-state index contributed by atoms with van der Waals surface area (Å²) in [6.07, 6.45) is 0. The Labute approximate surface area is 66.6 Å². The van der Waals surface area contributed by atoms with Gasteiger partial charge in [0.2, 0.25) is 0 Å². The van der Waals surface area contributed by atoms with Crippen molar-refractivity contribution in [2.24, 2.45) is 0 Å². The molecule has 0 aromatic rings. The van der Waals surface area contributed by atoms with E-state index in [9.17, 15) is 0 Å². The van der Waals surface area contributed by atoms with E-state index in [1.54, 1.807) is 0 Å². The summed E-state index contributed by atoms with van der Waals surface area (Å²) in [6, 6.07) is 0. The Morgan fingerprint density at radius 1 is 1.60 bits per heavy atom. The number of rotatable bonds is 0. The first-order valence-corrected chi connectivity index (χ1v) is 1.70. The molecule has 26 valence electrons. The maximum Gasteiger partial charge on any atom is 1.00 e. The molecule has 0 atom stereocenters. The molecule has 0 aliphatic heterocycles. The maximum absolute atomic E-state index is 3.64. The van der Waals surface area contributed by atoms with Gasteiger partial charge >= 0.3 is 29.6 Å². The topological polar surface area (TPSA) is 0 Å². The molecule has 0 amide bonds. The molecule has 0 nitrogen and oxygen atoms in total. The van der Waals surface area contributed by atoms with Gasteiger partial charge in [0.1, 0.15) is 0 Å². The number of hydrogen-bond acceptors (Lipinski definition) is 2. The maximum atomic E-state index is 3.64. The van der Waals surface area contributed by atoms with Gasteiger partial charge in [0.15, 0.2) is 0 Å². The number of hydrogen-bond donors (Lipinski definition) is 2. The Bertz CT molecular complexity index is 34.5. The summed E-state index contributed by atoms with van der Waals surface area (Å²) in [5.74, 6) is 0. The minimum absolute atomic E-state index is 0. The van der Waals surface area contributed by atoms with Crippen LogP contribution in [0, 0.1) is 0 Å². The SMILES string of the molecule is C=C(S)S.[H-].[Na+]. The monoisotopic (exact) mass is 116 g/mol. The quantitative estimate of drug-likeness (QED) is 0.277. The molecule has 0 aromatic carbocycles. The molecular formula is C2H5NaS2. The summed E-state index contributed by atoms with van der Waals surface area (Å²) in [5, 5.41) is 0. The molecule has 0 saturated carbocycles. The van der Waals surface area contributed by atoms with Gasteiger partial charge in [-0.2, -0.15) is 0 Å². The van der Waals surface area contributed by atoms with Gasteiger partial charge in [-0.3, -0.25) is 0 Å². The predicted octanol–water partition coefficient (Wildman–Crippen LogP) is -1.57. The fraction of sp³-hybridized carbons (Fsp3) is 0. The molecule has 0 N–H and O–H groups in total. The summed E-state index contributed by atoms with van der Waals surface area (Å²) in [6.45, 7) is 3.28. The first-order valence-electron chi connectivity index (χ1n) is 0.801. The molecule has 0 saturated heterocycles. The molecule has 0 fully saturated rings. The van der Waals surface area contributed by atoms with Gasteiger partial charge < -0.3 is 1.43 Å². The van der Waals surface area contributed by atoms with Crippen LogP contribution in [0.5, 0.6) is 0 Å². The molecule has 0 aliphatic carbocycles. The van der Waals surface area contributed by atoms with Crippen molar-refractivity contribution in [3.63, 3.8) is 0 Å². The zero-order valence-corrected chi connectivity index (χ0v) is 6.89. The van der Waals surface area contributed by atoms with Crippen LogP contribution in [-0.4, -0.2) is 0 Å². The van der Waals surface area contributed by atoms with Crippen LogP contribution in [0.4, 0.5) is 0 Å². The minimum Gasteiger partial charge on any atom is -1.00 e. The van der Waals surface area contributed by atoms with Crippen LogP contribution in [0.1, 0.15) is 1.43 Å². The molecule has 0 aromatic heterocycles. The molecule has 3 heteroatoms. The molecule has 0 heterocycles. The van der Waals surface area contributed by atoms with Crippen LogP contribution in [0.15, 0.2) is 10.8 Å². The summed E-state index contributed by atoms with van der Waals surface area (Å²) >= 11 is 7.27. The second-order valence-corrected chi connectivity index (χ2v) is 1.85. The standard InChI is InChI=1S/C2H4S2.Na.H/c1-2(3)4;;/h3-4H,1H2;;/q;+1;-1. The molecule has 0 rings (SSSR count). The molecule has 0 unspecified atom stereocenters. The molecule has 0 radical (unpaired) electrons. The Morgan fingerprint density at radius 2 is 1.60 bits per heavy atom. The average Bonchev–Trinajstić information content (AvgIpc) is 0.811. The summed E-state index contributed by atoms with van der Waals surface area (Å²) < 4.78 is 0.556. The zero-order chi connectivity index (χ0) is 3.58. The van der Waals surface area contributed by atoms with Crippen LogP contribution in [0.2, 0.25) is 0 Å². The molecule has 0 bridgehead atoms. The molecular weight excluding hydrogens is 111 g/mol. The van der Waals surface area contributed by atoms with Gasteiger partial charge in [0.25, 0.3) is 0 Å². The van der Waals surface area contributed by atoms with E-state index in [1.807, 2.05) is 0 Å². The summed E-state index contributed by atoms with van der Waals surface area (Å²) in [4.78, 5) is 0. The van der Waals surface area contributed by atoms with E-state index < -0.39 is 0 Å². The Hall–Kier alpha value is 1.44. The van der Waals surface area contributed by atoms with E-state index in [0.717, 1.165) is 0 Å². The Balaban J connectivity index is -0.0000000450. The van der Waals surface area contributed by atoms with Crippen molar-refractivity contribution in [1.82, 2.24) is 0 Å². The number of thiol groups is 2. The third-order valence-electron chi connectivity index (χ3n) is 0. The largest absolute Gasteiger partial charge is 1.00 e. The van der Waals surface area contributed by atoms with Crippen molar-refractivity contribution in [1.29, 1.82) is 0 Å². The van der Waals surface area contributed by atoms with Crippen molar-refractivity contribution in [2.75, 3.05) is 0 Å². The van der Waals surface area contributed by atoms with Gasteiger partial charge in [0.05, 0.1) is 0 Å². The van der Waals surface area contributed by atoms with Crippen LogP contribution in [0.3, 0.4) is 0 Å². The van der Waals surface area contributed by atoms with Gasteiger partial charge in [-0.1, -0.05) is 6.58 Å². The molecule has 0 spiro atoms. The van der Waals surface area contributed by atoms with Crippen molar-refractivity contribution in [3.05, 3.63) is 10.8 Å². The van der Waals surface area contributed by atoms with Gasteiger partial charge in [0, 0.05) is 4.24 Å². The first-order chi connectivity index (χ1) is 1.73. The van der Waals surface area contributed by atoms with E-state index in [2.05, 4.69) is 31.8 Å². The summed E-state index contributed by atoms with van der Waals surface area (Å²) in [7, 11) is 0. The first kappa shape index (κ1) is 9.67. The van der Waals surface area contributed by atoms with Crippen molar-refractivity contribution >= 4 is 25.3 Å². The third kappa shape index (κ3) is 31.0. The van der Waals surface area contributed by atoms with Crippen LogP contribution in [0.25, 0.3) is 0 Å². The van der Waals surface area contributed by atoms with Crippen molar-refractivity contribution in [2.45, 2.75) is 0 Å². The van der Waals surface area contributed by atoms with Gasteiger partial charge in [-0.05, 0) is 0 Å². The van der Waals surface area contributed by atoms with E-state index in [4.69, 9.17) is 0 Å². The zero-order valence-electron chi connectivity index (χ0n) is 4.10. The van der Waals surface area contributed by atoms with Crippen LogP contribution in [-0.2, 0) is 0 Å². The molecule has 0 aliphatic rings. The van der Waals surface area contributed by atoms with Crippen molar-refractivity contribution < 1.29 is 31.0 Å². The second-order valence-electron chi connectivity index (χ2n) is 0.416. The van der Waals surface area contributed by atoms with E-state index >= 15 is 0 Å². The Morgan fingerprint density at radius 3 is 1.60 bits per heavy atom. The normalized spacial score (nSPS) is 5.20. The fourth-order valence-electron chi connectivity index (χ4n) is 0. The van der Waals surface area contributed by atoms with E-state index in [-0.39, 0.29) is 31.0 Å². The minimum atomic E-state index is 0. The van der Waals surface area contributed by atoms with Gasteiger partial charge in [-0.15, -0.1) is 25.3 Å². The van der Waals surface area contributed by atoms with Crippen LogP contribution < -0.4 is 29.6 Å². The smallest absolute Gasteiger partial charge is 1.00 e. The predicted molar refractivity (Wildman–Crippen MR) is 28.2 cm³/mol. The summed E-state index contributed by atoms with van der Waals surface area (Å²) in [5.41, 5.74) is 0. The van der Waals surface area contributed by atoms with Crippen LogP contribution >= 0.6 is 25.3 Å². The third-order valence-corrected chi connectivity index (χ3v) is 0. The molecule has 5 heavy (non-hydrogen) atoms. The van der Waals surface area contributed by atoms with Gasteiger partial charge in [-0.25, -0.2) is 0 Å². The Kier molecular flexibility index (Phi) is 10.5. The van der Waals surface area contributed by atoms with E-state index in [1.165, 1.54) is 0 Å². The fourth-order valence-corrected chi connectivity index (χ4v) is 0. The van der Waals surface area contributed by atoms with Crippen molar-refractivity contribution in [3.8, 4) is 0 Å².